The summed E-state index contributed by atoms with van der Waals surface area (Å²) in [4.78, 5) is 13.7. The minimum absolute atomic E-state index is 0.0457. The van der Waals surface area contributed by atoms with Crippen LogP contribution in [-0.4, -0.2) is 37.1 Å². The molecule has 2 N–H and O–H groups in total. The van der Waals surface area contributed by atoms with Gasteiger partial charge in [-0.05, 0) is 24.6 Å². The highest BCUT2D eigenvalue weighted by atomic mass is 19.1. The van der Waals surface area contributed by atoms with Gasteiger partial charge in [0.05, 0.1) is 18.8 Å². The van der Waals surface area contributed by atoms with Gasteiger partial charge in [0.15, 0.2) is 0 Å². The van der Waals surface area contributed by atoms with Gasteiger partial charge in [-0.25, -0.2) is 4.39 Å². The second-order valence-electron chi connectivity index (χ2n) is 4.10. The van der Waals surface area contributed by atoms with E-state index in [2.05, 4.69) is 0 Å². The zero-order valence-electron chi connectivity index (χ0n) is 9.70. The smallest absolute Gasteiger partial charge is 0.257 e. The Morgan fingerprint density at radius 3 is 2.71 bits per heavy atom. The molecule has 0 unspecified atom stereocenters. The number of amides is 1. The first kappa shape index (κ1) is 11.9. The van der Waals surface area contributed by atoms with Crippen LogP contribution in [0, 0.1) is 12.7 Å². The molecule has 0 radical (unpaired) electrons. The summed E-state index contributed by atoms with van der Waals surface area (Å²) in [6.45, 7) is 3.57. The Morgan fingerprint density at radius 1 is 1.41 bits per heavy atom. The molecular formula is C12H15FN2O2. The van der Waals surface area contributed by atoms with E-state index in [0.717, 1.165) is 0 Å². The van der Waals surface area contributed by atoms with Crippen LogP contribution >= 0.6 is 0 Å². The standard InChI is InChI=1S/C12H15FN2O2/c1-8-6-9(14)7-10(11(8)13)12(16)15-2-4-17-5-3-15/h6-7H,2-5,14H2,1H3. The number of nitrogen functional groups attached to an aromatic ring is 1. The van der Waals surface area contributed by atoms with Crippen molar-refractivity contribution >= 4 is 11.6 Å². The monoisotopic (exact) mass is 238 g/mol. The highest BCUT2D eigenvalue weighted by Crippen LogP contribution is 2.19. The van der Waals surface area contributed by atoms with Gasteiger partial charge in [-0.1, -0.05) is 0 Å². The van der Waals surface area contributed by atoms with Gasteiger partial charge in [0.1, 0.15) is 5.82 Å². The van der Waals surface area contributed by atoms with Gasteiger partial charge >= 0.3 is 0 Å². The molecule has 17 heavy (non-hydrogen) atoms. The Morgan fingerprint density at radius 2 is 2.06 bits per heavy atom. The number of morpholine rings is 1. The van der Waals surface area contributed by atoms with Gasteiger partial charge in [0.25, 0.3) is 5.91 Å². The Hall–Kier alpha value is -1.62. The van der Waals surface area contributed by atoms with Gasteiger partial charge in [0, 0.05) is 18.8 Å². The van der Waals surface area contributed by atoms with Crippen LogP contribution in [0.5, 0.6) is 0 Å². The number of ether oxygens (including phenoxy) is 1. The molecule has 0 saturated carbocycles. The van der Waals surface area contributed by atoms with E-state index in [4.69, 9.17) is 10.5 Å². The SMILES string of the molecule is Cc1cc(N)cc(C(=O)N2CCOCC2)c1F. The number of carbonyl (C=O) groups is 1. The molecule has 1 aliphatic rings. The Kier molecular flexibility index (Phi) is 3.28. The molecule has 0 aliphatic carbocycles. The number of hydrogen-bond donors (Lipinski definition) is 1. The normalized spacial score (nSPS) is 16.0. The minimum atomic E-state index is -0.490. The Bertz CT molecular complexity index is 442. The fraction of sp³-hybridized carbons (Fsp3) is 0.417. The first-order valence-corrected chi connectivity index (χ1v) is 5.52. The van der Waals surface area contributed by atoms with E-state index in [9.17, 15) is 9.18 Å². The van der Waals surface area contributed by atoms with Crippen molar-refractivity contribution in [2.45, 2.75) is 6.92 Å². The lowest BCUT2D eigenvalue weighted by Gasteiger charge is -2.27. The van der Waals surface area contributed by atoms with Gasteiger partial charge in [-0.2, -0.15) is 0 Å². The van der Waals surface area contributed by atoms with Crippen molar-refractivity contribution in [3.63, 3.8) is 0 Å². The fourth-order valence-corrected chi connectivity index (χ4v) is 1.89. The van der Waals surface area contributed by atoms with Crippen LogP contribution in [0.4, 0.5) is 10.1 Å². The maximum atomic E-state index is 13.9. The summed E-state index contributed by atoms with van der Waals surface area (Å²) in [6.07, 6.45) is 0. The first-order chi connectivity index (χ1) is 8.09. The van der Waals surface area contributed by atoms with Crippen molar-refractivity contribution in [1.29, 1.82) is 0 Å². The molecule has 1 aromatic carbocycles. The number of carbonyl (C=O) groups excluding carboxylic acids is 1. The van der Waals surface area contributed by atoms with Gasteiger partial charge < -0.3 is 15.4 Å². The molecule has 92 valence electrons. The van der Waals surface area contributed by atoms with Gasteiger partial charge in [0.2, 0.25) is 0 Å². The van der Waals surface area contributed by atoms with E-state index in [1.54, 1.807) is 11.8 Å². The summed E-state index contributed by atoms with van der Waals surface area (Å²) in [5, 5.41) is 0. The average molecular weight is 238 g/mol. The van der Waals surface area contributed by atoms with Gasteiger partial charge in [-0.15, -0.1) is 0 Å². The third kappa shape index (κ3) is 2.39. The second kappa shape index (κ2) is 4.71. The first-order valence-electron chi connectivity index (χ1n) is 5.52. The predicted octanol–water partition coefficient (Wildman–Crippen LogP) is 1.19. The zero-order valence-corrected chi connectivity index (χ0v) is 9.70. The highest BCUT2D eigenvalue weighted by Gasteiger charge is 2.22. The Balaban J connectivity index is 2.29. The molecule has 1 fully saturated rings. The van der Waals surface area contributed by atoms with Gasteiger partial charge in [-0.3, -0.25) is 4.79 Å². The van der Waals surface area contributed by atoms with Crippen LogP contribution in [0.3, 0.4) is 0 Å². The molecule has 0 atom stereocenters. The summed E-state index contributed by atoms with van der Waals surface area (Å²) in [5.41, 5.74) is 6.47. The lowest BCUT2D eigenvalue weighted by Crippen LogP contribution is -2.41. The lowest BCUT2D eigenvalue weighted by molar-refractivity contribution is 0.0300. The number of halogens is 1. The van der Waals surface area contributed by atoms with E-state index < -0.39 is 5.82 Å². The van der Waals surface area contributed by atoms with E-state index in [0.29, 0.717) is 37.6 Å². The van der Waals surface area contributed by atoms with Crippen molar-refractivity contribution in [1.82, 2.24) is 4.90 Å². The third-order valence-corrected chi connectivity index (χ3v) is 2.81. The molecule has 2 rings (SSSR count). The summed E-state index contributed by atoms with van der Waals surface area (Å²) >= 11 is 0. The lowest BCUT2D eigenvalue weighted by atomic mass is 10.1. The van der Waals surface area contributed by atoms with Crippen molar-refractivity contribution in [3.05, 3.63) is 29.1 Å². The zero-order chi connectivity index (χ0) is 12.4. The highest BCUT2D eigenvalue weighted by molar-refractivity contribution is 5.95. The summed E-state index contributed by atoms with van der Waals surface area (Å²) in [7, 11) is 0. The van der Waals surface area contributed by atoms with Crippen molar-refractivity contribution in [2.75, 3.05) is 32.0 Å². The molecular weight excluding hydrogens is 223 g/mol. The van der Waals surface area contributed by atoms with E-state index in [-0.39, 0.29) is 11.5 Å². The molecule has 1 saturated heterocycles. The van der Waals surface area contributed by atoms with Crippen molar-refractivity contribution < 1.29 is 13.9 Å². The number of nitrogens with zero attached hydrogens (tertiary/aromatic N) is 1. The van der Waals surface area contributed by atoms with Crippen LogP contribution in [0.1, 0.15) is 15.9 Å². The van der Waals surface area contributed by atoms with E-state index in [1.807, 2.05) is 0 Å². The molecule has 1 heterocycles. The van der Waals surface area contributed by atoms with Crippen LogP contribution in [0.15, 0.2) is 12.1 Å². The van der Waals surface area contributed by atoms with E-state index in [1.165, 1.54) is 12.1 Å². The third-order valence-electron chi connectivity index (χ3n) is 2.81. The summed E-state index contributed by atoms with van der Waals surface area (Å²) < 4.78 is 19.0. The number of nitrogens with two attached hydrogens (primary N) is 1. The molecule has 1 aliphatic heterocycles. The maximum Gasteiger partial charge on any atom is 0.257 e. The number of anilines is 1. The number of hydrogen-bond acceptors (Lipinski definition) is 3. The average Bonchev–Trinajstić information content (AvgIpc) is 2.34. The maximum absolute atomic E-state index is 13.9. The van der Waals surface area contributed by atoms with Crippen molar-refractivity contribution in [2.24, 2.45) is 0 Å². The molecule has 4 nitrogen and oxygen atoms in total. The molecule has 1 aromatic rings. The molecule has 5 heteroatoms. The predicted molar refractivity (Wildman–Crippen MR) is 62.3 cm³/mol. The summed E-state index contributed by atoms with van der Waals surface area (Å²) in [6, 6.07) is 2.91. The quantitative estimate of drug-likeness (QED) is 0.748. The minimum Gasteiger partial charge on any atom is -0.399 e. The van der Waals surface area contributed by atoms with Crippen LogP contribution in [-0.2, 0) is 4.74 Å². The largest absolute Gasteiger partial charge is 0.399 e. The van der Waals surface area contributed by atoms with Crippen molar-refractivity contribution in [3.8, 4) is 0 Å². The molecule has 0 bridgehead atoms. The number of aryl methyl sites for hydroxylation is 1. The van der Waals surface area contributed by atoms with E-state index >= 15 is 0 Å². The summed E-state index contributed by atoms with van der Waals surface area (Å²) in [5.74, 6) is -0.808. The Labute approximate surface area is 99.2 Å². The topological polar surface area (TPSA) is 55.6 Å². The fourth-order valence-electron chi connectivity index (χ4n) is 1.89. The number of benzene rings is 1. The van der Waals surface area contributed by atoms with Crippen LogP contribution < -0.4 is 5.73 Å². The molecule has 0 aromatic heterocycles. The molecule has 1 amide bonds. The van der Waals surface area contributed by atoms with Crippen LogP contribution in [0.25, 0.3) is 0 Å². The van der Waals surface area contributed by atoms with Crippen LogP contribution in [0.2, 0.25) is 0 Å². The number of rotatable bonds is 1. The second-order valence-corrected chi connectivity index (χ2v) is 4.10. The molecule has 0 spiro atoms.